The van der Waals surface area contributed by atoms with Crippen molar-refractivity contribution in [1.29, 1.82) is 0 Å². The number of amides is 1. The Bertz CT molecular complexity index is 688. The minimum Gasteiger partial charge on any atom is -0.492 e. The van der Waals surface area contributed by atoms with Crippen molar-refractivity contribution < 1.29 is 14.6 Å². The topological polar surface area (TPSA) is 61.8 Å². The number of nitrogens with zero attached hydrogens (tertiary/aromatic N) is 1. The van der Waals surface area contributed by atoms with E-state index in [0.29, 0.717) is 26.1 Å². The minimum absolute atomic E-state index is 0.0682. The van der Waals surface area contributed by atoms with Crippen LogP contribution in [0, 0.1) is 0 Å². The van der Waals surface area contributed by atoms with Crippen LogP contribution in [0.15, 0.2) is 48.5 Å². The van der Waals surface area contributed by atoms with Crippen molar-refractivity contribution in [3.05, 3.63) is 54.1 Å². The Morgan fingerprint density at radius 2 is 1.92 bits per heavy atom. The van der Waals surface area contributed by atoms with E-state index in [4.69, 9.17) is 4.74 Å². The SMILES string of the molecule is O=C1CCc2cc(OCCN(CCO)c3ccccc3)ccc2N1. The second-order valence-electron chi connectivity index (χ2n) is 5.76. The first-order chi connectivity index (χ1) is 11.8. The number of para-hydroxylation sites is 1. The molecule has 0 spiro atoms. The number of hydrogen-bond acceptors (Lipinski definition) is 4. The Morgan fingerprint density at radius 1 is 1.08 bits per heavy atom. The van der Waals surface area contributed by atoms with E-state index < -0.39 is 0 Å². The number of carbonyl (C=O) groups excluding carboxylic acids is 1. The predicted molar refractivity (Wildman–Crippen MR) is 94.6 cm³/mol. The molecule has 2 aromatic rings. The molecule has 1 aliphatic heterocycles. The largest absolute Gasteiger partial charge is 0.492 e. The lowest BCUT2D eigenvalue weighted by Crippen LogP contribution is -2.31. The summed E-state index contributed by atoms with van der Waals surface area (Å²) in [6.45, 7) is 1.90. The summed E-state index contributed by atoms with van der Waals surface area (Å²) in [6, 6.07) is 15.8. The molecule has 2 N–H and O–H groups in total. The summed E-state index contributed by atoms with van der Waals surface area (Å²) in [6.07, 6.45) is 1.27. The Hall–Kier alpha value is -2.53. The standard InChI is InChI=1S/C19H22N2O3/c22-12-10-21(16-4-2-1-3-5-16)11-13-24-17-7-8-18-15(14-17)6-9-19(23)20-18/h1-5,7-8,14,22H,6,9-13H2,(H,20,23). The molecule has 3 rings (SSSR count). The van der Waals surface area contributed by atoms with E-state index in [-0.39, 0.29) is 12.5 Å². The molecule has 0 atom stereocenters. The van der Waals surface area contributed by atoms with Gasteiger partial charge in [0.15, 0.2) is 0 Å². The van der Waals surface area contributed by atoms with Gasteiger partial charge >= 0.3 is 0 Å². The maximum Gasteiger partial charge on any atom is 0.224 e. The number of aliphatic hydroxyl groups excluding tert-OH is 1. The number of carbonyl (C=O) groups is 1. The molecule has 0 saturated carbocycles. The molecule has 1 amide bonds. The molecule has 0 saturated heterocycles. The van der Waals surface area contributed by atoms with Crippen LogP contribution in [0.25, 0.3) is 0 Å². The number of hydrogen-bond donors (Lipinski definition) is 2. The van der Waals surface area contributed by atoms with Gasteiger partial charge in [0.2, 0.25) is 5.91 Å². The first kappa shape index (κ1) is 16.3. The van der Waals surface area contributed by atoms with E-state index in [1.165, 1.54) is 0 Å². The number of aryl methyl sites for hydroxylation is 1. The molecular formula is C19H22N2O3. The number of anilines is 2. The number of rotatable bonds is 7. The zero-order valence-electron chi connectivity index (χ0n) is 13.6. The van der Waals surface area contributed by atoms with Gasteiger partial charge in [0, 0.05) is 24.3 Å². The van der Waals surface area contributed by atoms with Gasteiger partial charge in [-0.05, 0) is 42.3 Å². The van der Waals surface area contributed by atoms with Crippen LogP contribution >= 0.6 is 0 Å². The molecule has 0 aliphatic carbocycles. The first-order valence-electron chi connectivity index (χ1n) is 8.23. The van der Waals surface area contributed by atoms with Crippen LogP contribution in [0.4, 0.5) is 11.4 Å². The van der Waals surface area contributed by atoms with Gasteiger partial charge in [0.05, 0.1) is 13.2 Å². The maximum absolute atomic E-state index is 11.4. The monoisotopic (exact) mass is 326 g/mol. The van der Waals surface area contributed by atoms with Crippen LogP contribution in [0.1, 0.15) is 12.0 Å². The number of benzene rings is 2. The Morgan fingerprint density at radius 3 is 2.71 bits per heavy atom. The van der Waals surface area contributed by atoms with Crippen molar-refractivity contribution in [2.24, 2.45) is 0 Å². The Kier molecular flexibility index (Phi) is 5.33. The number of ether oxygens (including phenoxy) is 1. The van der Waals surface area contributed by atoms with E-state index in [0.717, 1.165) is 29.1 Å². The van der Waals surface area contributed by atoms with Crippen molar-refractivity contribution in [3.8, 4) is 5.75 Å². The summed E-state index contributed by atoms with van der Waals surface area (Å²) in [7, 11) is 0. The fourth-order valence-corrected chi connectivity index (χ4v) is 2.85. The van der Waals surface area contributed by atoms with Crippen LogP contribution in [0.5, 0.6) is 5.75 Å². The Labute approximate surface area is 141 Å². The van der Waals surface area contributed by atoms with E-state index in [1.54, 1.807) is 0 Å². The molecule has 0 fully saturated rings. The van der Waals surface area contributed by atoms with Crippen molar-refractivity contribution in [3.63, 3.8) is 0 Å². The molecule has 1 heterocycles. The summed E-state index contributed by atoms with van der Waals surface area (Å²) in [5.74, 6) is 0.876. The van der Waals surface area contributed by atoms with Gasteiger partial charge < -0.3 is 20.1 Å². The highest BCUT2D eigenvalue weighted by atomic mass is 16.5. The van der Waals surface area contributed by atoms with Crippen molar-refractivity contribution >= 4 is 17.3 Å². The van der Waals surface area contributed by atoms with Crippen molar-refractivity contribution in [1.82, 2.24) is 0 Å². The zero-order valence-corrected chi connectivity index (χ0v) is 13.6. The number of aliphatic hydroxyl groups is 1. The molecule has 5 heteroatoms. The van der Waals surface area contributed by atoms with E-state index in [1.807, 2.05) is 48.5 Å². The van der Waals surface area contributed by atoms with Crippen LogP contribution in [0.3, 0.4) is 0 Å². The third-order valence-corrected chi connectivity index (χ3v) is 4.09. The van der Waals surface area contributed by atoms with Gasteiger partial charge in [0.1, 0.15) is 12.4 Å². The summed E-state index contributed by atoms with van der Waals surface area (Å²) in [5.41, 5.74) is 3.07. The summed E-state index contributed by atoms with van der Waals surface area (Å²) in [5, 5.41) is 12.1. The summed E-state index contributed by atoms with van der Waals surface area (Å²) in [4.78, 5) is 13.5. The summed E-state index contributed by atoms with van der Waals surface area (Å²) < 4.78 is 5.86. The maximum atomic E-state index is 11.4. The predicted octanol–water partition coefficient (Wildman–Crippen LogP) is 2.45. The highest BCUT2D eigenvalue weighted by Crippen LogP contribution is 2.26. The normalized spacial score (nSPS) is 13.1. The minimum atomic E-state index is 0.0682. The molecular weight excluding hydrogens is 304 g/mol. The second-order valence-corrected chi connectivity index (χ2v) is 5.76. The fraction of sp³-hybridized carbons (Fsp3) is 0.316. The number of nitrogens with one attached hydrogen (secondary N) is 1. The van der Waals surface area contributed by atoms with Crippen LogP contribution in [-0.4, -0.2) is 37.3 Å². The van der Waals surface area contributed by atoms with Crippen LogP contribution in [-0.2, 0) is 11.2 Å². The molecule has 24 heavy (non-hydrogen) atoms. The highest BCUT2D eigenvalue weighted by Gasteiger charge is 2.15. The molecule has 2 aromatic carbocycles. The molecule has 0 unspecified atom stereocenters. The third kappa shape index (κ3) is 4.06. The quantitative estimate of drug-likeness (QED) is 0.820. The van der Waals surface area contributed by atoms with Crippen molar-refractivity contribution in [2.45, 2.75) is 12.8 Å². The molecule has 126 valence electrons. The molecule has 0 radical (unpaired) electrons. The average molecular weight is 326 g/mol. The molecule has 0 aromatic heterocycles. The van der Waals surface area contributed by atoms with E-state index in [2.05, 4.69) is 10.2 Å². The molecule has 5 nitrogen and oxygen atoms in total. The average Bonchev–Trinajstić information content (AvgIpc) is 2.62. The second kappa shape index (κ2) is 7.84. The fourth-order valence-electron chi connectivity index (χ4n) is 2.85. The molecule has 0 bridgehead atoms. The summed E-state index contributed by atoms with van der Waals surface area (Å²) >= 11 is 0. The van der Waals surface area contributed by atoms with Crippen molar-refractivity contribution in [2.75, 3.05) is 36.5 Å². The van der Waals surface area contributed by atoms with Gasteiger partial charge in [-0.3, -0.25) is 4.79 Å². The van der Waals surface area contributed by atoms with Gasteiger partial charge in [-0.25, -0.2) is 0 Å². The smallest absolute Gasteiger partial charge is 0.224 e. The lowest BCUT2D eigenvalue weighted by atomic mass is 10.0. The van der Waals surface area contributed by atoms with Crippen LogP contribution in [0.2, 0.25) is 0 Å². The zero-order chi connectivity index (χ0) is 16.8. The van der Waals surface area contributed by atoms with E-state index >= 15 is 0 Å². The van der Waals surface area contributed by atoms with Gasteiger partial charge in [-0.15, -0.1) is 0 Å². The Balaban J connectivity index is 1.58. The number of fused-ring (bicyclic) bond motifs is 1. The van der Waals surface area contributed by atoms with Gasteiger partial charge in [-0.2, -0.15) is 0 Å². The molecule has 1 aliphatic rings. The van der Waals surface area contributed by atoms with E-state index in [9.17, 15) is 9.90 Å². The highest BCUT2D eigenvalue weighted by molar-refractivity contribution is 5.93. The lowest BCUT2D eigenvalue weighted by Gasteiger charge is -2.24. The first-order valence-corrected chi connectivity index (χ1v) is 8.23. The lowest BCUT2D eigenvalue weighted by molar-refractivity contribution is -0.116. The van der Waals surface area contributed by atoms with Gasteiger partial charge in [-0.1, -0.05) is 18.2 Å². The van der Waals surface area contributed by atoms with Crippen LogP contribution < -0.4 is 15.0 Å². The third-order valence-electron chi connectivity index (χ3n) is 4.09. The van der Waals surface area contributed by atoms with Gasteiger partial charge in [0.25, 0.3) is 0 Å².